The Hall–Kier alpha value is -2.75. The second-order valence-corrected chi connectivity index (χ2v) is 5.41. The smallest absolute Gasteiger partial charge is 0.243 e. The number of nitrogens with one attached hydrogen (secondary N) is 2. The average Bonchev–Trinajstić information content (AvgIpc) is 2.64. The van der Waals surface area contributed by atoms with Crippen LogP contribution in [0.3, 0.4) is 0 Å². The van der Waals surface area contributed by atoms with Crippen LogP contribution in [-0.4, -0.2) is 19.1 Å². The van der Waals surface area contributed by atoms with Gasteiger partial charge < -0.3 is 15.4 Å². The Morgan fingerprint density at radius 2 is 1.79 bits per heavy atom. The Morgan fingerprint density at radius 1 is 1.04 bits per heavy atom. The number of hydrogen-bond donors (Lipinski definition) is 2. The molecule has 2 aromatic rings. The number of benzene rings is 2. The maximum Gasteiger partial charge on any atom is 0.243 e. The molecule has 0 heterocycles. The Morgan fingerprint density at radius 3 is 2.50 bits per heavy atom. The molecular weight excluding hydrogens is 300 g/mol. The van der Waals surface area contributed by atoms with Crippen molar-refractivity contribution in [2.24, 2.45) is 0 Å². The van der Waals surface area contributed by atoms with Gasteiger partial charge in [-0.2, -0.15) is 0 Å². The Labute approximate surface area is 143 Å². The number of amides is 1. The van der Waals surface area contributed by atoms with Gasteiger partial charge in [0.05, 0.1) is 6.61 Å². The van der Waals surface area contributed by atoms with Crippen molar-refractivity contribution in [2.45, 2.75) is 19.4 Å². The van der Waals surface area contributed by atoms with Gasteiger partial charge in [0.25, 0.3) is 0 Å². The zero-order chi connectivity index (χ0) is 17.0. The van der Waals surface area contributed by atoms with E-state index < -0.39 is 0 Å². The van der Waals surface area contributed by atoms with Crippen molar-refractivity contribution in [2.75, 3.05) is 18.5 Å². The van der Waals surface area contributed by atoms with Crippen LogP contribution in [0.15, 0.2) is 67.3 Å². The molecule has 2 rings (SSSR count). The summed E-state index contributed by atoms with van der Waals surface area (Å²) >= 11 is 0. The van der Waals surface area contributed by atoms with Crippen LogP contribution in [0.25, 0.3) is 0 Å². The molecule has 2 N–H and O–H groups in total. The Bertz CT molecular complexity index is 624. The van der Waals surface area contributed by atoms with Gasteiger partial charge in [-0.05, 0) is 48.7 Å². The summed E-state index contributed by atoms with van der Waals surface area (Å²) in [6.45, 7) is 5.50. The van der Waals surface area contributed by atoms with E-state index in [0.29, 0.717) is 13.2 Å². The molecular formula is C20H24N2O2. The fourth-order valence-corrected chi connectivity index (χ4v) is 2.17. The molecule has 0 fully saturated rings. The molecule has 2 aromatic carbocycles. The number of unbranched alkanes of at least 4 members (excludes halogenated alkanes) is 1. The van der Waals surface area contributed by atoms with Crippen LogP contribution < -0.4 is 15.4 Å². The molecule has 0 aliphatic heterocycles. The van der Waals surface area contributed by atoms with E-state index in [-0.39, 0.29) is 5.91 Å². The fraction of sp³-hybridized carbons (Fsp3) is 0.250. The van der Waals surface area contributed by atoms with Gasteiger partial charge in [0.1, 0.15) is 5.75 Å². The molecule has 4 heteroatoms. The average molecular weight is 324 g/mol. The maximum absolute atomic E-state index is 11.0. The van der Waals surface area contributed by atoms with Crippen LogP contribution in [0.2, 0.25) is 0 Å². The SMILES string of the molecule is C=CC(=O)NCCCCOc1ccc(NCc2ccccc2)cc1. The molecule has 0 spiro atoms. The van der Waals surface area contributed by atoms with Crippen molar-refractivity contribution in [3.8, 4) is 5.75 Å². The highest BCUT2D eigenvalue weighted by Crippen LogP contribution is 2.16. The Kier molecular flexibility index (Phi) is 7.41. The lowest BCUT2D eigenvalue weighted by Gasteiger charge is -2.09. The normalized spacial score (nSPS) is 10.0. The van der Waals surface area contributed by atoms with Gasteiger partial charge in [0, 0.05) is 18.8 Å². The van der Waals surface area contributed by atoms with E-state index in [4.69, 9.17) is 4.74 Å². The molecule has 0 saturated heterocycles. The lowest BCUT2D eigenvalue weighted by molar-refractivity contribution is -0.116. The maximum atomic E-state index is 11.0. The topological polar surface area (TPSA) is 50.4 Å². The predicted molar refractivity (Wildman–Crippen MR) is 98.1 cm³/mol. The minimum absolute atomic E-state index is 0.130. The van der Waals surface area contributed by atoms with E-state index in [2.05, 4.69) is 29.3 Å². The first-order valence-corrected chi connectivity index (χ1v) is 8.19. The minimum atomic E-state index is -0.130. The van der Waals surface area contributed by atoms with E-state index in [9.17, 15) is 4.79 Å². The van der Waals surface area contributed by atoms with Gasteiger partial charge in [-0.1, -0.05) is 36.9 Å². The van der Waals surface area contributed by atoms with Crippen LogP contribution in [0.4, 0.5) is 5.69 Å². The molecule has 24 heavy (non-hydrogen) atoms. The number of ether oxygens (including phenoxy) is 1. The summed E-state index contributed by atoms with van der Waals surface area (Å²) in [7, 11) is 0. The van der Waals surface area contributed by atoms with Crippen molar-refractivity contribution >= 4 is 11.6 Å². The van der Waals surface area contributed by atoms with Crippen LogP contribution in [0, 0.1) is 0 Å². The fourth-order valence-electron chi connectivity index (χ4n) is 2.17. The number of hydrogen-bond acceptors (Lipinski definition) is 3. The van der Waals surface area contributed by atoms with Crippen molar-refractivity contribution in [3.63, 3.8) is 0 Å². The first kappa shape index (κ1) is 17.6. The summed E-state index contributed by atoms with van der Waals surface area (Å²) in [5.41, 5.74) is 2.32. The van der Waals surface area contributed by atoms with Crippen LogP contribution in [0.5, 0.6) is 5.75 Å². The molecule has 0 bridgehead atoms. The highest BCUT2D eigenvalue weighted by molar-refractivity contribution is 5.86. The molecule has 0 radical (unpaired) electrons. The van der Waals surface area contributed by atoms with E-state index >= 15 is 0 Å². The zero-order valence-electron chi connectivity index (χ0n) is 13.8. The summed E-state index contributed by atoms with van der Waals surface area (Å²) in [6.07, 6.45) is 3.06. The quantitative estimate of drug-likeness (QED) is 0.517. The second kappa shape index (κ2) is 10.1. The van der Waals surface area contributed by atoms with Crippen LogP contribution in [-0.2, 0) is 11.3 Å². The van der Waals surface area contributed by atoms with Gasteiger partial charge in [-0.3, -0.25) is 4.79 Å². The molecule has 0 aromatic heterocycles. The molecule has 0 aliphatic rings. The van der Waals surface area contributed by atoms with E-state index in [1.54, 1.807) is 0 Å². The summed E-state index contributed by atoms with van der Waals surface area (Å²) < 4.78 is 5.70. The third kappa shape index (κ3) is 6.57. The van der Waals surface area contributed by atoms with Crippen LogP contribution >= 0.6 is 0 Å². The van der Waals surface area contributed by atoms with Gasteiger partial charge in [-0.25, -0.2) is 0 Å². The number of carbonyl (C=O) groups is 1. The van der Waals surface area contributed by atoms with Crippen LogP contribution in [0.1, 0.15) is 18.4 Å². The number of carbonyl (C=O) groups excluding carboxylic acids is 1. The van der Waals surface area contributed by atoms with Gasteiger partial charge >= 0.3 is 0 Å². The largest absolute Gasteiger partial charge is 0.494 e. The molecule has 4 nitrogen and oxygen atoms in total. The standard InChI is InChI=1S/C20H24N2O2/c1-2-20(23)21-14-6-7-15-24-19-12-10-18(11-13-19)22-16-17-8-4-3-5-9-17/h2-5,8-13,22H,1,6-7,14-16H2,(H,21,23). The van der Waals surface area contributed by atoms with E-state index in [0.717, 1.165) is 30.8 Å². The van der Waals surface area contributed by atoms with Gasteiger partial charge in [0.15, 0.2) is 0 Å². The minimum Gasteiger partial charge on any atom is -0.494 e. The predicted octanol–water partition coefficient (Wildman–Crippen LogP) is 3.76. The third-order valence-corrected chi connectivity index (χ3v) is 3.52. The molecule has 0 aliphatic carbocycles. The summed E-state index contributed by atoms with van der Waals surface area (Å²) in [4.78, 5) is 11.0. The zero-order valence-corrected chi connectivity index (χ0v) is 13.8. The highest BCUT2D eigenvalue weighted by Gasteiger charge is 1.97. The van der Waals surface area contributed by atoms with E-state index in [1.807, 2.05) is 42.5 Å². The van der Waals surface area contributed by atoms with Crippen molar-refractivity contribution in [1.29, 1.82) is 0 Å². The van der Waals surface area contributed by atoms with Gasteiger partial charge in [0.2, 0.25) is 5.91 Å². The molecule has 1 amide bonds. The number of rotatable bonds is 10. The van der Waals surface area contributed by atoms with Crippen molar-refractivity contribution in [3.05, 3.63) is 72.8 Å². The van der Waals surface area contributed by atoms with Gasteiger partial charge in [-0.15, -0.1) is 0 Å². The summed E-state index contributed by atoms with van der Waals surface area (Å²) in [6, 6.07) is 18.3. The lowest BCUT2D eigenvalue weighted by Crippen LogP contribution is -2.22. The molecule has 0 saturated carbocycles. The van der Waals surface area contributed by atoms with E-state index in [1.165, 1.54) is 11.6 Å². The molecule has 126 valence electrons. The highest BCUT2D eigenvalue weighted by atomic mass is 16.5. The Balaban J connectivity index is 1.63. The van der Waals surface area contributed by atoms with Crippen molar-refractivity contribution in [1.82, 2.24) is 5.32 Å². The number of anilines is 1. The second-order valence-electron chi connectivity index (χ2n) is 5.41. The molecule has 0 unspecified atom stereocenters. The monoisotopic (exact) mass is 324 g/mol. The lowest BCUT2D eigenvalue weighted by atomic mass is 10.2. The first-order chi connectivity index (χ1) is 11.8. The summed E-state index contributed by atoms with van der Waals surface area (Å²) in [5.74, 6) is 0.727. The third-order valence-electron chi connectivity index (χ3n) is 3.52. The summed E-state index contributed by atoms with van der Waals surface area (Å²) in [5, 5.41) is 6.13. The van der Waals surface area contributed by atoms with Crippen molar-refractivity contribution < 1.29 is 9.53 Å². The first-order valence-electron chi connectivity index (χ1n) is 8.19. The molecule has 0 atom stereocenters.